The van der Waals surface area contributed by atoms with E-state index in [9.17, 15) is 0 Å². The normalized spacial score (nSPS) is 20.4. The van der Waals surface area contributed by atoms with Crippen LogP contribution in [-0.4, -0.2) is 73.6 Å². The Morgan fingerprint density at radius 2 is 1.83 bits per heavy atom. The van der Waals surface area contributed by atoms with Crippen LogP contribution in [0.2, 0.25) is 0 Å². The number of hydrogen-bond donors (Lipinski definition) is 1. The number of morpholine rings is 1. The Balaban J connectivity index is 1.10. The number of hydrogen-bond acceptors (Lipinski definition) is 10. The summed E-state index contributed by atoms with van der Waals surface area (Å²) in [7, 11) is 1.82. The van der Waals surface area contributed by atoms with Gasteiger partial charge in [0.05, 0.1) is 24.8 Å². The van der Waals surface area contributed by atoms with Crippen LogP contribution < -0.4 is 15.0 Å². The van der Waals surface area contributed by atoms with Crippen molar-refractivity contribution < 1.29 is 9.47 Å². The molecular formula is C25H29N9O2. The molecule has 1 aliphatic heterocycles. The van der Waals surface area contributed by atoms with Crippen LogP contribution in [0.1, 0.15) is 25.7 Å². The summed E-state index contributed by atoms with van der Waals surface area (Å²) in [5.74, 6) is 2.37. The average Bonchev–Trinajstić information content (AvgIpc) is 3.36. The molecule has 0 atom stereocenters. The van der Waals surface area contributed by atoms with Crippen molar-refractivity contribution >= 4 is 22.5 Å². The molecule has 36 heavy (non-hydrogen) atoms. The molecule has 1 aliphatic carbocycles. The number of fused-ring (bicyclic) bond motifs is 1. The van der Waals surface area contributed by atoms with Gasteiger partial charge in [0, 0.05) is 62.1 Å². The summed E-state index contributed by atoms with van der Waals surface area (Å²) in [5, 5.41) is 15.2. The van der Waals surface area contributed by atoms with Gasteiger partial charge in [-0.1, -0.05) is 0 Å². The van der Waals surface area contributed by atoms with E-state index >= 15 is 0 Å². The van der Waals surface area contributed by atoms with Crippen molar-refractivity contribution in [3.63, 3.8) is 0 Å². The minimum atomic E-state index is 0.145. The molecule has 0 spiro atoms. The molecule has 4 heterocycles. The zero-order valence-corrected chi connectivity index (χ0v) is 20.2. The fourth-order valence-corrected chi connectivity index (χ4v) is 4.92. The Labute approximate surface area is 208 Å². The first-order chi connectivity index (χ1) is 17.7. The minimum Gasteiger partial charge on any atom is -0.488 e. The van der Waals surface area contributed by atoms with Crippen LogP contribution in [-0.2, 0) is 11.8 Å². The Morgan fingerprint density at radius 3 is 2.58 bits per heavy atom. The zero-order chi connectivity index (χ0) is 24.3. The third-order valence-corrected chi connectivity index (χ3v) is 6.86. The lowest BCUT2D eigenvalue weighted by molar-refractivity contribution is 0.122. The first kappa shape index (κ1) is 22.6. The van der Waals surface area contributed by atoms with E-state index in [2.05, 4.69) is 52.8 Å². The molecule has 1 saturated carbocycles. The highest BCUT2D eigenvalue weighted by molar-refractivity contribution is 5.85. The lowest BCUT2D eigenvalue weighted by Crippen LogP contribution is -2.36. The van der Waals surface area contributed by atoms with Crippen molar-refractivity contribution in [2.45, 2.75) is 37.8 Å². The smallest absolute Gasteiger partial charge is 0.183 e. The van der Waals surface area contributed by atoms with Crippen LogP contribution in [0.25, 0.3) is 22.4 Å². The number of nitrogens with one attached hydrogen (secondary N) is 1. The molecule has 0 radical (unpaired) electrons. The summed E-state index contributed by atoms with van der Waals surface area (Å²) in [6.45, 7) is 3.21. The number of tetrazole rings is 1. The number of benzene rings is 1. The van der Waals surface area contributed by atoms with Gasteiger partial charge >= 0.3 is 0 Å². The van der Waals surface area contributed by atoms with Crippen molar-refractivity contribution in [2.75, 3.05) is 36.5 Å². The maximum Gasteiger partial charge on any atom is 0.183 e. The van der Waals surface area contributed by atoms with Gasteiger partial charge < -0.3 is 19.7 Å². The highest BCUT2D eigenvalue weighted by Crippen LogP contribution is 2.33. The quantitative estimate of drug-likeness (QED) is 0.435. The van der Waals surface area contributed by atoms with Gasteiger partial charge in [-0.25, -0.2) is 14.6 Å². The molecule has 1 aromatic carbocycles. The zero-order valence-electron chi connectivity index (χ0n) is 20.2. The van der Waals surface area contributed by atoms with Gasteiger partial charge in [0.25, 0.3) is 0 Å². The van der Waals surface area contributed by atoms with E-state index in [4.69, 9.17) is 9.47 Å². The van der Waals surface area contributed by atoms with Crippen LogP contribution in [0.4, 0.5) is 11.5 Å². The van der Waals surface area contributed by atoms with E-state index in [1.165, 1.54) is 0 Å². The van der Waals surface area contributed by atoms with E-state index in [1.54, 1.807) is 23.3 Å². The third-order valence-electron chi connectivity index (χ3n) is 6.86. The van der Waals surface area contributed by atoms with Crippen molar-refractivity contribution in [1.82, 2.24) is 35.2 Å². The van der Waals surface area contributed by atoms with Crippen molar-refractivity contribution in [2.24, 2.45) is 7.05 Å². The Hall–Kier alpha value is -3.86. The average molecular weight is 488 g/mol. The molecule has 0 amide bonds. The minimum absolute atomic E-state index is 0.145. The number of aromatic nitrogens is 7. The van der Waals surface area contributed by atoms with Gasteiger partial charge in [-0.05, 0) is 54.3 Å². The highest BCUT2D eigenvalue weighted by atomic mass is 16.5. The fourth-order valence-electron chi connectivity index (χ4n) is 4.92. The molecule has 2 fully saturated rings. The second-order valence-electron chi connectivity index (χ2n) is 9.26. The van der Waals surface area contributed by atoms with Crippen LogP contribution in [0.5, 0.6) is 5.75 Å². The second-order valence-corrected chi connectivity index (χ2v) is 9.26. The van der Waals surface area contributed by atoms with E-state index in [0.717, 1.165) is 85.8 Å². The van der Waals surface area contributed by atoms with Gasteiger partial charge in [-0.3, -0.25) is 4.98 Å². The molecule has 2 aliphatic rings. The highest BCUT2D eigenvalue weighted by Gasteiger charge is 2.24. The van der Waals surface area contributed by atoms with E-state index in [0.29, 0.717) is 11.9 Å². The first-order valence-electron chi connectivity index (χ1n) is 12.4. The summed E-state index contributed by atoms with van der Waals surface area (Å²) < 4.78 is 13.7. The maximum absolute atomic E-state index is 6.54. The van der Waals surface area contributed by atoms with Gasteiger partial charge in [-0.2, -0.15) is 0 Å². The maximum atomic E-state index is 6.54. The number of anilines is 2. The fraction of sp³-hybridized carbons (Fsp3) is 0.440. The van der Waals surface area contributed by atoms with Gasteiger partial charge in [-0.15, -0.1) is 5.10 Å². The van der Waals surface area contributed by atoms with Gasteiger partial charge in [0.2, 0.25) is 0 Å². The number of nitrogens with zero attached hydrogens (tertiary/aromatic N) is 8. The van der Waals surface area contributed by atoms with Crippen LogP contribution >= 0.6 is 0 Å². The molecule has 1 saturated heterocycles. The van der Waals surface area contributed by atoms with Crippen LogP contribution in [0, 0.1) is 0 Å². The number of pyridine rings is 1. The van der Waals surface area contributed by atoms with Crippen LogP contribution in [0.3, 0.4) is 0 Å². The molecule has 11 nitrogen and oxygen atoms in total. The number of rotatable bonds is 6. The molecule has 1 N–H and O–H groups in total. The standard InChI is InChI=1S/C25H29N9O2/c1-33-25(30-31-32-33)17-2-7-23(28-16-17)29-18-3-5-20(6-4-18)36-22-15-19(34-10-12-35-13-11-34)14-21-24(22)27-9-8-26-21/h2,7-9,14-16,18,20H,3-6,10-13H2,1H3,(H,28,29). The molecule has 0 unspecified atom stereocenters. The van der Waals surface area contributed by atoms with Crippen molar-refractivity contribution in [3.8, 4) is 17.1 Å². The summed E-state index contributed by atoms with van der Waals surface area (Å²) in [6.07, 6.45) is 9.35. The SMILES string of the molecule is Cn1nnnc1-c1ccc(NC2CCC(Oc3cc(N4CCOCC4)cc4nccnc34)CC2)nc1. The molecule has 3 aromatic heterocycles. The predicted molar refractivity (Wildman–Crippen MR) is 135 cm³/mol. The topological polar surface area (TPSA) is 116 Å². The third kappa shape index (κ3) is 4.78. The monoisotopic (exact) mass is 487 g/mol. The first-order valence-corrected chi connectivity index (χ1v) is 12.4. The lowest BCUT2D eigenvalue weighted by Gasteiger charge is -2.31. The molecule has 4 aromatic rings. The molecule has 6 rings (SSSR count). The summed E-state index contributed by atoms with van der Waals surface area (Å²) >= 11 is 0. The lowest BCUT2D eigenvalue weighted by atomic mass is 9.93. The number of aryl methyl sites for hydroxylation is 1. The number of ether oxygens (including phenoxy) is 2. The van der Waals surface area contributed by atoms with E-state index in [-0.39, 0.29) is 6.10 Å². The molecular weight excluding hydrogens is 458 g/mol. The summed E-state index contributed by atoms with van der Waals surface area (Å²) in [6, 6.07) is 8.54. The van der Waals surface area contributed by atoms with Crippen molar-refractivity contribution in [1.29, 1.82) is 0 Å². The molecule has 0 bridgehead atoms. The second kappa shape index (κ2) is 10.0. The Bertz CT molecular complexity index is 1310. The van der Waals surface area contributed by atoms with E-state index in [1.807, 2.05) is 19.2 Å². The van der Waals surface area contributed by atoms with Gasteiger partial charge in [0.1, 0.15) is 17.1 Å². The summed E-state index contributed by atoms with van der Waals surface area (Å²) in [5.41, 5.74) is 3.68. The largest absolute Gasteiger partial charge is 0.488 e. The van der Waals surface area contributed by atoms with Crippen molar-refractivity contribution in [3.05, 3.63) is 42.9 Å². The Morgan fingerprint density at radius 1 is 1.00 bits per heavy atom. The predicted octanol–water partition coefficient (Wildman–Crippen LogP) is 2.85. The molecule has 186 valence electrons. The van der Waals surface area contributed by atoms with Crippen LogP contribution in [0.15, 0.2) is 42.9 Å². The summed E-state index contributed by atoms with van der Waals surface area (Å²) in [4.78, 5) is 16.0. The van der Waals surface area contributed by atoms with Gasteiger partial charge in [0.15, 0.2) is 5.82 Å². The molecule has 11 heteroatoms. The Kier molecular flexibility index (Phi) is 6.29. The van der Waals surface area contributed by atoms with E-state index < -0.39 is 0 Å².